The van der Waals surface area contributed by atoms with Crippen molar-refractivity contribution in [1.82, 2.24) is 14.8 Å². The first-order valence-corrected chi connectivity index (χ1v) is 4.61. The second kappa shape index (κ2) is 4.01. The molecule has 0 aromatic carbocycles. The van der Waals surface area contributed by atoms with E-state index < -0.39 is 5.91 Å². The Labute approximate surface area is 91.6 Å². The van der Waals surface area contributed by atoms with E-state index >= 15 is 0 Å². The number of hydrogen-bond acceptors (Lipinski definition) is 4. The van der Waals surface area contributed by atoms with Crippen molar-refractivity contribution in [3.8, 4) is 5.75 Å². The molecule has 0 aliphatic carbocycles. The Kier molecular flexibility index (Phi) is 2.55. The summed E-state index contributed by atoms with van der Waals surface area (Å²) in [7, 11) is 1.74. The Balaban J connectivity index is 2.18. The van der Waals surface area contributed by atoms with Crippen molar-refractivity contribution >= 4 is 11.6 Å². The van der Waals surface area contributed by atoms with Gasteiger partial charge >= 0.3 is 0 Å². The van der Waals surface area contributed by atoms with Gasteiger partial charge in [0.1, 0.15) is 5.75 Å². The van der Waals surface area contributed by atoms with E-state index in [4.69, 9.17) is 0 Å². The van der Waals surface area contributed by atoms with Crippen molar-refractivity contribution < 1.29 is 9.90 Å². The fraction of sp³-hybridized carbons (Fsp3) is 0.100. The molecular weight excluding hydrogens is 208 g/mol. The van der Waals surface area contributed by atoms with Gasteiger partial charge in [-0.25, -0.2) is 4.98 Å². The van der Waals surface area contributed by atoms with Crippen LogP contribution in [0.1, 0.15) is 10.5 Å². The second-order valence-corrected chi connectivity index (χ2v) is 3.23. The Bertz CT molecular complexity index is 521. The molecule has 2 rings (SSSR count). The van der Waals surface area contributed by atoms with Gasteiger partial charge in [0, 0.05) is 19.4 Å². The van der Waals surface area contributed by atoms with Gasteiger partial charge in [-0.05, 0) is 12.1 Å². The molecule has 0 spiro atoms. The maximum Gasteiger partial charge on any atom is 0.278 e. The number of rotatable bonds is 2. The van der Waals surface area contributed by atoms with Crippen molar-refractivity contribution in [2.75, 3.05) is 5.32 Å². The highest BCUT2D eigenvalue weighted by Gasteiger charge is 2.12. The lowest BCUT2D eigenvalue weighted by atomic mass is 10.3. The fourth-order valence-corrected chi connectivity index (χ4v) is 1.25. The minimum atomic E-state index is -0.467. The van der Waals surface area contributed by atoms with Crippen molar-refractivity contribution in [3.05, 3.63) is 36.4 Å². The minimum absolute atomic E-state index is 0.00801. The molecule has 6 nitrogen and oxygen atoms in total. The average Bonchev–Trinajstić information content (AvgIpc) is 2.64. The number of anilines is 1. The number of aromatic nitrogens is 3. The fourth-order valence-electron chi connectivity index (χ4n) is 1.25. The summed E-state index contributed by atoms with van der Waals surface area (Å²) in [6.07, 6.45) is 4.60. The first kappa shape index (κ1) is 10.2. The van der Waals surface area contributed by atoms with E-state index in [9.17, 15) is 9.90 Å². The smallest absolute Gasteiger partial charge is 0.278 e. The number of pyridine rings is 1. The summed E-state index contributed by atoms with van der Waals surface area (Å²) >= 11 is 0. The lowest BCUT2D eigenvalue weighted by molar-refractivity contribution is 0.101. The standard InChI is InChI=1S/C10H10N4O2/c1-14-6-7(5-12-14)13-10(16)9-8(15)3-2-4-11-9/h2-6,15H,1H3,(H,13,16). The number of nitrogens with one attached hydrogen (secondary N) is 1. The van der Waals surface area contributed by atoms with Gasteiger partial charge in [-0.2, -0.15) is 5.10 Å². The highest BCUT2D eigenvalue weighted by atomic mass is 16.3. The molecule has 2 N–H and O–H groups in total. The molecule has 2 aromatic rings. The monoisotopic (exact) mass is 218 g/mol. The SMILES string of the molecule is Cn1cc(NC(=O)c2ncccc2O)cn1. The van der Waals surface area contributed by atoms with Crippen LogP contribution < -0.4 is 5.32 Å². The molecular formula is C10H10N4O2. The molecule has 0 aliphatic heterocycles. The molecule has 1 amide bonds. The van der Waals surface area contributed by atoms with Gasteiger partial charge in [-0.1, -0.05) is 0 Å². The molecule has 16 heavy (non-hydrogen) atoms. The van der Waals surface area contributed by atoms with Crippen LogP contribution in [-0.4, -0.2) is 25.8 Å². The number of aromatic hydroxyl groups is 1. The second-order valence-electron chi connectivity index (χ2n) is 3.23. The normalized spacial score (nSPS) is 10.1. The molecule has 82 valence electrons. The van der Waals surface area contributed by atoms with Gasteiger partial charge in [0.25, 0.3) is 5.91 Å². The quantitative estimate of drug-likeness (QED) is 0.780. The van der Waals surface area contributed by atoms with E-state index in [0.29, 0.717) is 5.69 Å². The van der Waals surface area contributed by atoms with Gasteiger partial charge in [-0.3, -0.25) is 9.48 Å². The summed E-state index contributed by atoms with van der Waals surface area (Å²) in [6, 6.07) is 2.96. The lowest BCUT2D eigenvalue weighted by Gasteiger charge is -2.02. The zero-order valence-corrected chi connectivity index (χ0v) is 8.58. The molecule has 0 unspecified atom stereocenters. The molecule has 0 radical (unpaired) electrons. The summed E-state index contributed by atoms with van der Waals surface area (Å²) < 4.78 is 1.56. The number of nitrogens with zero attached hydrogens (tertiary/aromatic N) is 3. The topological polar surface area (TPSA) is 80.0 Å². The zero-order chi connectivity index (χ0) is 11.5. The summed E-state index contributed by atoms with van der Waals surface area (Å²) in [6.45, 7) is 0. The van der Waals surface area contributed by atoms with Crippen molar-refractivity contribution in [3.63, 3.8) is 0 Å². The molecule has 0 fully saturated rings. The predicted molar refractivity (Wildman–Crippen MR) is 57.1 cm³/mol. The van der Waals surface area contributed by atoms with Crippen molar-refractivity contribution in [2.24, 2.45) is 7.05 Å². The molecule has 0 saturated heterocycles. The summed E-state index contributed by atoms with van der Waals surface area (Å²) in [5.74, 6) is -0.616. The third-order valence-corrected chi connectivity index (χ3v) is 1.96. The Morgan fingerprint density at radius 1 is 1.56 bits per heavy atom. The number of carbonyl (C=O) groups excluding carboxylic acids is 1. The van der Waals surface area contributed by atoms with Crippen LogP contribution in [0.2, 0.25) is 0 Å². The van der Waals surface area contributed by atoms with Gasteiger partial charge < -0.3 is 10.4 Å². The minimum Gasteiger partial charge on any atom is -0.505 e. The third-order valence-electron chi connectivity index (χ3n) is 1.96. The van der Waals surface area contributed by atoms with Crippen LogP contribution in [0.4, 0.5) is 5.69 Å². The largest absolute Gasteiger partial charge is 0.505 e. The maximum absolute atomic E-state index is 11.7. The third kappa shape index (κ3) is 2.00. The first-order chi connectivity index (χ1) is 7.66. The lowest BCUT2D eigenvalue weighted by Crippen LogP contribution is -2.13. The van der Waals surface area contributed by atoms with Crippen LogP contribution in [0.25, 0.3) is 0 Å². The Morgan fingerprint density at radius 3 is 3.00 bits per heavy atom. The Morgan fingerprint density at radius 2 is 2.38 bits per heavy atom. The molecule has 0 aliphatic rings. The number of amides is 1. The summed E-state index contributed by atoms with van der Waals surface area (Å²) in [5.41, 5.74) is 0.545. The van der Waals surface area contributed by atoms with Crippen LogP contribution in [0, 0.1) is 0 Å². The number of aryl methyl sites for hydroxylation is 1. The summed E-state index contributed by atoms with van der Waals surface area (Å²) in [4.78, 5) is 15.5. The number of carbonyl (C=O) groups is 1. The van der Waals surface area contributed by atoms with E-state index in [0.717, 1.165) is 0 Å². The molecule has 2 aromatic heterocycles. The van der Waals surface area contributed by atoms with Gasteiger partial charge in [0.15, 0.2) is 5.69 Å². The Hall–Kier alpha value is -2.37. The first-order valence-electron chi connectivity index (χ1n) is 4.61. The van der Waals surface area contributed by atoms with E-state index in [-0.39, 0.29) is 11.4 Å². The molecule has 2 heterocycles. The van der Waals surface area contributed by atoms with Crippen LogP contribution in [0.5, 0.6) is 5.75 Å². The van der Waals surface area contributed by atoms with Crippen LogP contribution in [0.15, 0.2) is 30.7 Å². The van der Waals surface area contributed by atoms with Gasteiger partial charge in [0.05, 0.1) is 11.9 Å². The highest BCUT2D eigenvalue weighted by molar-refractivity contribution is 6.04. The van der Waals surface area contributed by atoms with E-state index in [1.807, 2.05) is 0 Å². The van der Waals surface area contributed by atoms with Crippen molar-refractivity contribution in [1.29, 1.82) is 0 Å². The maximum atomic E-state index is 11.7. The van der Waals surface area contributed by atoms with E-state index in [2.05, 4.69) is 15.4 Å². The summed E-state index contributed by atoms with van der Waals surface area (Å²) in [5, 5.41) is 15.9. The predicted octanol–water partition coefficient (Wildman–Crippen LogP) is 0.773. The van der Waals surface area contributed by atoms with Gasteiger partial charge in [0.2, 0.25) is 0 Å². The van der Waals surface area contributed by atoms with Crippen LogP contribution >= 0.6 is 0 Å². The highest BCUT2D eigenvalue weighted by Crippen LogP contribution is 2.14. The van der Waals surface area contributed by atoms with Crippen molar-refractivity contribution in [2.45, 2.75) is 0 Å². The molecule has 0 bridgehead atoms. The van der Waals surface area contributed by atoms with Crippen LogP contribution in [-0.2, 0) is 7.05 Å². The molecule has 6 heteroatoms. The van der Waals surface area contributed by atoms with Crippen LogP contribution in [0.3, 0.4) is 0 Å². The zero-order valence-electron chi connectivity index (χ0n) is 8.58. The van der Waals surface area contributed by atoms with Gasteiger partial charge in [-0.15, -0.1) is 0 Å². The van der Waals surface area contributed by atoms with E-state index in [1.165, 1.54) is 18.5 Å². The molecule has 0 saturated carbocycles. The van der Waals surface area contributed by atoms with E-state index in [1.54, 1.807) is 24.0 Å². The average molecular weight is 218 g/mol. The number of hydrogen-bond donors (Lipinski definition) is 2. The molecule has 0 atom stereocenters.